The molecular formula is C17H32N4O3. The molecule has 0 spiro atoms. The molecule has 138 valence electrons. The Balaban J connectivity index is 1.74. The van der Waals surface area contributed by atoms with Crippen LogP contribution in [0.5, 0.6) is 0 Å². The maximum atomic E-state index is 12.3. The molecular weight excluding hydrogens is 308 g/mol. The number of nitrogens with one attached hydrogen (secondary N) is 1. The molecule has 2 amide bonds. The van der Waals surface area contributed by atoms with Crippen molar-refractivity contribution in [3.63, 3.8) is 0 Å². The van der Waals surface area contributed by atoms with Crippen molar-refractivity contribution in [2.75, 3.05) is 59.0 Å². The van der Waals surface area contributed by atoms with Crippen molar-refractivity contribution in [2.24, 2.45) is 0 Å². The van der Waals surface area contributed by atoms with Gasteiger partial charge in [0.2, 0.25) is 11.8 Å². The second-order valence-corrected chi connectivity index (χ2v) is 7.72. The first kappa shape index (κ1) is 19.1. The van der Waals surface area contributed by atoms with E-state index in [9.17, 15) is 9.59 Å². The first-order chi connectivity index (χ1) is 11.3. The Labute approximate surface area is 145 Å². The molecule has 7 heteroatoms. The van der Waals surface area contributed by atoms with Gasteiger partial charge in [0.1, 0.15) is 0 Å². The molecule has 0 aliphatic carbocycles. The minimum Gasteiger partial charge on any atom is -0.378 e. The molecule has 1 N–H and O–H groups in total. The first-order valence-corrected chi connectivity index (χ1v) is 8.90. The Hall–Kier alpha value is -1.18. The van der Waals surface area contributed by atoms with Gasteiger partial charge in [-0.2, -0.15) is 0 Å². The summed E-state index contributed by atoms with van der Waals surface area (Å²) in [5, 5.41) is 3.04. The van der Waals surface area contributed by atoms with Crippen LogP contribution in [0.4, 0.5) is 0 Å². The van der Waals surface area contributed by atoms with Crippen molar-refractivity contribution in [3.05, 3.63) is 0 Å². The summed E-state index contributed by atoms with van der Waals surface area (Å²) in [5.41, 5.74) is -0.211. The highest BCUT2D eigenvalue weighted by Gasteiger charge is 2.28. The number of amides is 2. The highest BCUT2D eigenvalue weighted by atomic mass is 16.5. The van der Waals surface area contributed by atoms with Crippen LogP contribution in [0.15, 0.2) is 0 Å². The number of rotatable bonds is 4. The van der Waals surface area contributed by atoms with Crippen molar-refractivity contribution in [3.8, 4) is 0 Å². The van der Waals surface area contributed by atoms with Crippen molar-refractivity contribution < 1.29 is 14.3 Å². The predicted molar refractivity (Wildman–Crippen MR) is 92.8 cm³/mol. The summed E-state index contributed by atoms with van der Waals surface area (Å²) in [6.07, 6.45) is 0. The quantitative estimate of drug-likeness (QED) is 0.766. The molecule has 24 heavy (non-hydrogen) atoms. The third kappa shape index (κ3) is 5.72. The minimum absolute atomic E-state index is 0.0698. The maximum absolute atomic E-state index is 12.3. The molecule has 0 aromatic carbocycles. The van der Waals surface area contributed by atoms with E-state index in [1.165, 1.54) is 0 Å². The lowest BCUT2D eigenvalue weighted by atomic mass is 10.1. The Bertz CT molecular complexity index is 436. The zero-order valence-corrected chi connectivity index (χ0v) is 15.5. The lowest BCUT2D eigenvalue weighted by Crippen LogP contribution is -2.57. The summed E-state index contributed by atoms with van der Waals surface area (Å²) in [6, 6.07) is -0.138. The minimum atomic E-state index is -0.211. The summed E-state index contributed by atoms with van der Waals surface area (Å²) in [7, 11) is 0. The van der Waals surface area contributed by atoms with E-state index in [1.807, 2.05) is 32.6 Å². The first-order valence-electron chi connectivity index (χ1n) is 8.90. The van der Waals surface area contributed by atoms with Gasteiger partial charge in [0, 0.05) is 44.8 Å². The molecule has 0 radical (unpaired) electrons. The van der Waals surface area contributed by atoms with Gasteiger partial charge in [-0.3, -0.25) is 19.4 Å². The number of hydrogen-bond acceptors (Lipinski definition) is 5. The average Bonchev–Trinajstić information content (AvgIpc) is 2.54. The fourth-order valence-corrected chi connectivity index (χ4v) is 3.05. The van der Waals surface area contributed by atoms with E-state index in [4.69, 9.17) is 4.74 Å². The lowest BCUT2D eigenvalue weighted by molar-refractivity contribution is -0.137. The van der Waals surface area contributed by atoms with Gasteiger partial charge in [-0.05, 0) is 27.7 Å². The topological polar surface area (TPSA) is 65.1 Å². The van der Waals surface area contributed by atoms with Crippen LogP contribution < -0.4 is 5.32 Å². The summed E-state index contributed by atoms with van der Waals surface area (Å²) >= 11 is 0. The molecule has 2 rings (SSSR count). The molecule has 2 aliphatic heterocycles. The predicted octanol–water partition coefficient (Wildman–Crippen LogP) is -0.234. The normalized spacial score (nSPS) is 22.2. The zero-order chi connectivity index (χ0) is 17.7. The molecule has 1 atom stereocenters. The number of carbonyl (C=O) groups is 2. The molecule has 2 aliphatic rings. The van der Waals surface area contributed by atoms with Gasteiger partial charge in [-0.1, -0.05) is 0 Å². The summed E-state index contributed by atoms with van der Waals surface area (Å²) in [5.74, 6) is 0.255. The summed E-state index contributed by atoms with van der Waals surface area (Å²) in [4.78, 5) is 30.8. The molecule has 1 unspecified atom stereocenters. The van der Waals surface area contributed by atoms with E-state index in [2.05, 4.69) is 15.1 Å². The molecule has 2 saturated heterocycles. The molecule has 0 saturated carbocycles. The lowest BCUT2D eigenvalue weighted by Gasteiger charge is -2.38. The fraction of sp³-hybridized carbons (Fsp3) is 0.882. The van der Waals surface area contributed by atoms with Gasteiger partial charge in [0.05, 0.1) is 25.8 Å². The van der Waals surface area contributed by atoms with E-state index in [0.717, 1.165) is 26.2 Å². The second-order valence-electron chi connectivity index (χ2n) is 7.72. The maximum Gasteiger partial charge on any atom is 0.237 e. The van der Waals surface area contributed by atoms with Crippen LogP contribution in [0, 0.1) is 0 Å². The van der Waals surface area contributed by atoms with Gasteiger partial charge >= 0.3 is 0 Å². The van der Waals surface area contributed by atoms with Gasteiger partial charge in [-0.15, -0.1) is 0 Å². The summed E-state index contributed by atoms with van der Waals surface area (Å²) < 4.78 is 5.29. The van der Waals surface area contributed by atoms with Crippen molar-refractivity contribution >= 4 is 11.8 Å². The van der Waals surface area contributed by atoms with Crippen molar-refractivity contribution in [1.82, 2.24) is 20.0 Å². The van der Waals surface area contributed by atoms with E-state index in [-0.39, 0.29) is 23.4 Å². The molecule has 7 nitrogen and oxygen atoms in total. The van der Waals surface area contributed by atoms with Crippen molar-refractivity contribution in [2.45, 2.75) is 39.3 Å². The van der Waals surface area contributed by atoms with E-state index in [0.29, 0.717) is 32.8 Å². The Morgan fingerprint density at radius 1 is 1.04 bits per heavy atom. The van der Waals surface area contributed by atoms with Gasteiger partial charge in [0.15, 0.2) is 0 Å². The number of ether oxygens (including phenoxy) is 1. The highest BCUT2D eigenvalue weighted by Crippen LogP contribution is 2.09. The van der Waals surface area contributed by atoms with Crippen LogP contribution in [0.2, 0.25) is 0 Å². The Morgan fingerprint density at radius 2 is 1.62 bits per heavy atom. The zero-order valence-electron chi connectivity index (χ0n) is 15.5. The standard InChI is InChI=1S/C17H32N4O3/c1-14(16(23)18-17(2,3)4)20-7-5-19(6-8-20)13-15(22)21-9-11-24-12-10-21/h14H,5-13H2,1-4H3,(H,18,23). The number of carbonyl (C=O) groups excluding carboxylic acids is 2. The second kappa shape index (κ2) is 8.27. The van der Waals surface area contributed by atoms with Crippen LogP contribution >= 0.6 is 0 Å². The van der Waals surface area contributed by atoms with Gasteiger partial charge in [0.25, 0.3) is 0 Å². The van der Waals surface area contributed by atoms with E-state index >= 15 is 0 Å². The fourth-order valence-electron chi connectivity index (χ4n) is 3.05. The van der Waals surface area contributed by atoms with Crippen LogP contribution in [-0.2, 0) is 14.3 Å². The van der Waals surface area contributed by atoms with Crippen LogP contribution in [0.3, 0.4) is 0 Å². The third-order valence-electron chi connectivity index (χ3n) is 4.55. The Morgan fingerprint density at radius 3 is 2.17 bits per heavy atom. The number of morpholine rings is 1. The monoisotopic (exact) mass is 340 g/mol. The van der Waals surface area contributed by atoms with Crippen molar-refractivity contribution in [1.29, 1.82) is 0 Å². The van der Waals surface area contributed by atoms with Gasteiger partial charge < -0.3 is 15.0 Å². The average molecular weight is 340 g/mol. The molecule has 0 aromatic heterocycles. The highest BCUT2D eigenvalue weighted by molar-refractivity contribution is 5.82. The number of piperazine rings is 1. The largest absolute Gasteiger partial charge is 0.378 e. The van der Waals surface area contributed by atoms with Gasteiger partial charge in [-0.25, -0.2) is 0 Å². The molecule has 2 heterocycles. The smallest absolute Gasteiger partial charge is 0.237 e. The molecule has 0 bridgehead atoms. The summed E-state index contributed by atoms with van der Waals surface area (Å²) in [6.45, 7) is 14.3. The van der Waals surface area contributed by atoms with Crippen LogP contribution in [-0.4, -0.2) is 97.1 Å². The number of hydrogen-bond donors (Lipinski definition) is 1. The molecule has 0 aromatic rings. The SMILES string of the molecule is CC(C(=O)NC(C)(C)C)N1CCN(CC(=O)N2CCOCC2)CC1. The van der Waals surface area contributed by atoms with E-state index < -0.39 is 0 Å². The van der Waals surface area contributed by atoms with Crippen LogP contribution in [0.1, 0.15) is 27.7 Å². The number of nitrogens with zero attached hydrogens (tertiary/aromatic N) is 3. The van der Waals surface area contributed by atoms with Crippen LogP contribution in [0.25, 0.3) is 0 Å². The Kier molecular flexibility index (Phi) is 6.60. The van der Waals surface area contributed by atoms with E-state index in [1.54, 1.807) is 0 Å². The third-order valence-corrected chi connectivity index (χ3v) is 4.55. The molecule has 2 fully saturated rings.